The van der Waals surface area contributed by atoms with E-state index in [-0.39, 0.29) is 5.69 Å². The van der Waals surface area contributed by atoms with Gasteiger partial charge < -0.3 is 10.4 Å². The molecule has 0 aliphatic heterocycles. The summed E-state index contributed by atoms with van der Waals surface area (Å²) in [5, 5.41) is 23.6. The van der Waals surface area contributed by atoms with Crippen molar-refractivity contribution < 1.29 is 10.0 Å². The molecule has 0 spiro atoms. The van der Waals surface area contributed by atoms with E-state index < -0.39 is 10.5 Å². The third-order valence-electron chi connectivity index (χ3n) is 2.42. The molecule has 1 unspecified atom stereocenters. The van der Waals surface area contributed by atoms with E-state index in [1.54, 1.807) is 19.1 Å². The summed E-state index contributed by atoms with van der Waals surface area (Å²) in [6, 6.07) is 5.95. The lowest BCUT2D eigenvalue weighted by molar-refractivity contribution is -0.384. The number of nitro benzene ring substituents is 1. The minimum absolute atomic E-state index is 0.0306. The Balaban J connectivity index is 2.83. The van der Waals surface area contributed by atoms with Gasteiger partial charge in [-0.25, -0.2) is 0 Å². The van der Waals surface area contributed by atoms with Gasteiger partial charge in [-0.2, -0.15) is 0 Å². The van der Waals surface area contributed by atoms with Crippen LogP contribution < -0.4 is 5.32 Å². The molecule has 5 nitrogen and oxygen atoms in total. The summed E-state index contributed by atoms with van der Waals surface area (Å²) in [6.07, 6.45) is 0. The number of benzene rings is 1. The molecular weight excluding hydrogens is 208 g/mol. The SMILES string of the molecule is CCNCC(C)(O)c1ccc([N+](=O)[O-])cc1. The van der Waals surface area contributed by atoms with Crippen molar-refractivity contribution in [1.29, 1.82) is 0 Å². The fourth-order valence-electron chi connectivity index (χ4n) is 1.41. The Hall–Kier alpha value is -1.46. The van der Waals surface area contributed by atoms with Gasteiger partial charge in [-0.1, -0.05) is 6.92 Å². The molecule has 0 aliphatic rings. The zero-order valence-corrected chi connectivity index (χ0v) is 9.43. The number of likely N-dealkylation sites (N-methyl/N-ethyl adjacent to an activating group) is 1. The first-order chi connectivity index (χ1) is 7.47. The maximum atomic E-state index is 10.5. The van der Waals surface area contributed by atoms with Gasteiger partial charge in [0.2, 0.25) is 0 Å². The normalized spacial score (nSPS) is 14.4. The Morgan fingerprint density at radius 1 is 1.44 bits per heavy atom. The van der Waals surface area contributed by atoms with Gasteiger partial charge in [-0.3, -0.25) is 10.1 Å². The molecule has 5 heteroatoms. The smallest absolute Gasteiger partial charge is 0.269 e. The number of nitro groups is 1. The van der Waals surface area contributed by atoms with Crippen molar-refractivity contribution in [3.8, 4) is 0 Å². The van der Waals surface area contributed by atoms with Gasteiger partial charge in [0.1, 0.15) is 0 Å². The van der Waals surface area contributed by atoms with Crippen LogP contribution in [0.15, 0.2) is 24.3 Å². The van der Waals surface area contributed by atoms with Gasteiger partial charge in [0, 0.05) is 18.7 Å². The Morgan fingerprint density at radius 2 is 2.00 bits per heavy atom. The molecule has 0 radical (unpaired) electrons. The van der Waals surface area contributed by atoms with E-state index in [4.69, 9.17) is 0 Å². The van der Waals surface area contributed by atoms with E-state index in [9.17, 15) is 15.2 Å². The molecule has 0 fully saturated rings. The van der Waals surface area contributed by atoms with Crippen LogP contribution in [0.5, 0.6) is 0 Å². The topological polar surface area (TPSA) is 75.4 Å². The van der Waals surface area contributed by atoms with Crippen LogP contribution in [-0.2, 0) is 5.60 Å². The maximum absolute atomic E-state index is 10.5. The fraction of sp³-hybridized carbons (Fsp3) is 0.455. The first-order valence-electron chi connectivity index (χ1n) is 5.15. The molecule has 0 saturated carbocycles. The number of nitrogens with one attached hydrogen (secondary N) is 1. The quantitative estimate of drug-likeness (QED) is 0.585. The van der Waals surface area contributed by atoms with Crippen LogP contribution in [0.1, 0.15) is 19.4 Å². The summed E-state index contributed by atoms with van der Waals surface area (Å²) in [5.74, 6) is 0. The van der Waals surface area contributed by atoms with Crippen LogP contribution in [0.3, 0.4) is 0 Å². The summed E-state index contributed by atoms with van der Waals surface area (Å²) in [5.41, 5.74) is -0.312. The third-order valence-corrected chi connectivity index (χ3v) is 2.42. The minimum atomic E-state index is -1.01. The second-order valence-electron chi connectivity index (χ2n) is 3.86. The first-order valence-corrected chi connectivity index (χ1v) is 5.15. The van der Waals surface area contributed by atoms with E-state index in [1.807, 2.05) is 6.92 Å². The molecule has 1 aromatic carbocycles. The van der Waals surface area contributed by atoms with Gasteiger partial charge in [-0.05, 0) is 31.2 Å². The highest BCUT2D eigenvalue weighted by Gasteiger charge is 2.22. The Labute approximate surface area is 94.3 Å². The van der Waals surface area contributed by atoms with Crippen molar-refractivity contribution in [1.82, 2.24) is 5.32 Å². The van der Waals surface area contributed by atoms with Gasteiger partial charge in [0.15, 0.2) is 0 Å². The summed E-state index contributed by atoms with van der Waals surface area (Å²) < 4.78 is 0. The predicted octanol–water partition coefficient (Wildman–Crippen LogP) is 1.41. The van der Waals surface area contributed by atoms with Crippen LogP contribution in [-0.4, -0.2) is 23.1 Å². The lowest BCUT2D eigenvalue weighted by Crippen LogP contribution is -2.35. The average Bonchev–Trinajstić information content (AvgIpc) is 2.26. The van der Waals surface area contributed by atoms with E-state index in [1.165, 1.54) is 12.1 Å². The summed E-state index contributed by atoms with van der Waals surface area (Å²) in [7, 11) is 0. The average molecular weight is 224 g/mol. The highest BCUT2D eigenvalue weighted by Crippen LogP contribution is 2.22. The summed E-state index contributed by atoms with van der Waals surface area (Å²) in [6.45, 7) is 4.81. The van der Waals surface area contributed by atoms with E-state index >= 15 is 0 Å². The van der Waals surface area contributed by atoms with Crippen LogP contribution in [0, 0.1) is 10.1 Å². The third kappa shape index (κ3) is 3.01. The first kappa shape index (κ1) is 12.6. The number of aliphatic hydroxyl groups is 1. The molecule has 0 saturated heterocycles. The molecular formula is C11H16N2O3. The largest absolute Gasteiger partial charge is 0.384 e. The molecule has 0 aliphatic carbocycles. The van der Waals surface area contributed by atoms with Gasteiger partial charge in [0.05, 0.1) is 10.5 Å². The van der Waals surface area contributed by atoms with Crippen LogP contribution in [0.2, 0.25) is 0 Å². The second-order valence-corrected chi connectivity index (χ2v) is 3.86. The van der Waals surface area contributed by atoms with Crippen molar-refractivity contribution in [2.75, 3.05) is 13.1 Å². The molecule has 2 N–H and O–H groups in total. The highest BCUT2D eigenvalue weighted by molar-refractivity contribution is 5.35. The van der Waals surface area contributed by atoms with Crippen molar-refractivity contribution in [2.24, 2.45) is 0 Å². The van der Waals surface area contributed by atoms with Gasteiger partial charge in [0.25, 0.3) is 5.69 Å². The molecule has 16 heavy (non-hydrogen) atoms. The number of rotatable bonds is 5. The Morgan fingerprint density at radius 3 is 2.44 bits per heavy atom. The van der Waals surface area contributed by atoms with E-state index in [0.717, 1.165) is 6.54 Å². The fourth-order valence-corrected chi connectivity index (χ4v) is 1.41. The predicted molar refractivity (Wildman–Crippen MR) is 61.2 cm³/mol. The monoisotopic (exact) mass is 224 g/mol. The van der Waals surface area contributed by atoms with Gasteiger partial charge >= 0.3 is 0 Å². The summed E-state index contributed by atoms with van der Waals surface area (Å²) in [4.78, 5) is 10.0. The second kappa shape index (κ2) is 5.05. The standard InChI is InChI=1S/C11H16N2O3/c1-3-12-8-11(2,14)9-4-6-10(7-5-9)13(15)16/h4-7,12,14H,3,8H2,1-2H3. The molecule has 0 amide bonds. The molecule has 0 bridgehead atoms. The lowest BCUT2D eigenvalue weighted by atomic mass is 9.96. The van der Waals surface area contributed by atoms with Crippen molar-refractivity contribution in [2.45, 2.75) is 19.4 Å². The van der Waals surface area contributed by atoms with Crippen molar-refractivity contribution in [3.05, 3.63) is 39.9 Å². The zero-order valence-electron chi connectivity index (χ0n) is 9.43. The molecule has 0 aromatic heterocycles. The van der Waals surface area contributed by atoms with E-state index in [2.05, 4.69) is 5.32 Å². The number of nitrogens with zero attached hydrogens (tertiary/aromatic N) is 1. The van der Waals surface area contributed by atoms with Crippen molar-refractivity contribution >= 4 is 5.69 Å². The number of non-ortho nitro benzene ring substituents is 1. The Bertz CT molecular complexity index is 360. The van der Waals surface area contributed by atoms with Gasteiger partial charge in [-0.15, -0.1) is 0 Å². The molecule has 0 heterocycles. The maximum Gasteiger partial charge on any atom is 0.269 e. The number of hydrogen-bond donors (Lipinski definition) is 2. The van der Waals surface area contributed by atoms with Crippen LogP contribution >= 0.6 is 0 Å². The zero-order chi connectivity index (χ0) is 12.2. The molecule has 1 atom stereocenters. The summed E-state index contributed by atoms with van der Waals surface area (Å²) >= 11 is 0. The highest BCUT2D eigenvalue weighted by atomic mass is 16.6. The molecule has 1 rings (SSSR count). The lowest BCUT2D eigenvalue weighted by Gasteiger charge is -2.23. The molecule has 1 aromatic rings. The Kier molecular flexibility index (Phi) is 3.98. The van der Waals surface area contributed by atoms with E-state index in [0.29, 0.717) is 12.1 Å². The van der Waals surface area contributed by atoms with Crippen LogP contribution in [0.4, 0.5) is 5.69 Å². The number of hydrogen-bond acceptors (Lipinski definition) is 4. The molecule has 88 valence electrons. The minimum Gasteiger partial charge on any atom is -0.384 e. The van der Waals surface area contributed by atoms with Crippen LogP contribution in [0.25, 0.3) is 0 Å². The van der Waals surface area contributed by atoms with Crippen molar-refractivity contribution in [3.63, 3.8) is 0 Å².